The fraction of sp³-hybridized carbons (Fsp3) is 0.333. The Morgan fingerprint density at radius 1 is 1.27 bits per heavy atom. The highest BCUT2D eigenvalue weighted by molar-refractivity contribution is 5.98. The van der Waals surface area contributed by atoms with Gasteiger partial charge in [-0.3, -0.25) is 14.7 Å². The minimum atomic E-state index is -0.307. The predicted molar refractivity (Wildman–Crippen MR) is 83.0 cm³/mol. The third-order valence-corrected chi connectivity index (χ3v) is 4.13. The van der Waals surface area contributed by atoms with Gasteiger partial charge in [-0.15, -0.1) is 0 Å². The molecule has 0 amide bonds. The van der Waals surface area contributed by atoms with Gasteiger partial charge < -0.3 is 0 Å². The van der Waals surface area contributed by atoms with Gasteiger partial charge in [0.15, 0.2) is 5.78 Å². The third-order valence-electron chi connectivity index (χ3n) is 4.13. The number of likely N-dealkylation sites (tertiary alicyclic amines) is 1. The van der Waals surface area contributed by atoms with E-state index >= 15 is 0 Å². The first-order chi connectivity index (χ1) is 10.7. The van der Waals surface area contributed by atoms with E-state index < -0.39 is 0 Å². The number of aromatic nitrogens is 1. The van der Waals surface area contributed by atoms with E-state index in [-0.39, 0.29) is 17.5 Å². The lowest BCUT2D eigenvalue weighted by molar-refractivity contribution is 0.0811. The maximum Gasteiger partial charge on any atom is 0.167 e. The Morgan fingerprint density at radius 3 is 2.82 bits per heavy atom. The first kappa shape index (κ1) is 14.9. The van der Waals surface area contributed by atoms with Crippen molar-refractivity contribution in [1.29, 1.82) is 0 Å². The molecule has 2 aromatic rings. The molecule has 0 bridgehead atoms. The highest BCUT2D eigenvalue weighted by Gasteiger charge is 2.26. The number of benzene rings is 1. The maximum absolute atomic E-state index is 13.0. The lowest BCUT2D eigenvalue weighted by Crippen LogP contribution is -2.38. The summed E-state index contributed by atoms with van der Waals surface area (Å²) in [6.45, 7) is 2.58. The highest BCUT2D eigenvalue weighted by Crippen LogP contribution is 2.22. The molecule has 0 unspecified atom stereocenters. The molecule has 3 nitrogen and oxygen atoms in total. The first-order valence-electron chi connectivity index (χ1n) is 7.63. The summed E-state index contributed by atoms with van der Waals surface area (Å²) < 4.78 is 13.0. The molecule has 0 N–H and O–H groups in total. The summed E-state index contributed by atoms with van der Waals surface area (Å²) in [6, 6.07) is 9.85. The van der Waals surface area contributed by atoms with Crippen molar-refractivity contribution in [3.8, 4) is 0 Å². The average Bonchev–Trinajstić information content (AvgIpc) is 2.56. The van der Waals surface area contributed by atoms with E-state index in [0.29, 0.717) is 5.56 Å². The van der Waals surface area contributed by atoms with Crippen molar-refractivity contribution in [2.24, 2.45) is 5.92 Å². The number of Topliss-reactive ketones (excluding diaryl/α,β-unsaturated/α-hetero) is 1. The number of halogens is 1. The summed E-state index contributed by atoms with van der Waals surface area (Å²) in [5.41, 5.74) is 1.77. The molecule has 1 aliphatic heterocycles. The second kappa shape index (κ2) is 6.79. The minimum Gasteiger partial charge on any atom is -0.298 e. The largest absolute Gasteiger partial charge is 0.298 e. The van der Waals surface area contributed by atoms with Crippen LogP contribution in [0.5, 0.6) is 0 Å². The molecule has 114 valence electrons. The van der Waals surface area contributed by atoms with Crippen LogP contribution in [-0.2, 0) is 6.54 Å². The molecule has 0 spiro atoms. The minimum absolute atomic E-state index is 0.00381. The zero-order valence-electron chi connectivity index (χ0n) is 12.4. The standard InChI is InChI=1S/C18H19FN2O/c19-17-7-5-15(6-8-17)18(22)16-4-2-10-21(13-16)12-14-3-1-9-20-11-14/h1,3,5-9,11,16H,2,4,10,12-13H2/t16-/m0/s1. The van der Waals surface area contributed by atoms with Gasteiger partial charge in [0.25, 0.3) is 0 Å². The van der Waals surface area contributed by atoms with Crippen molar-refractivity contribution in [1.82, 2.24) is 9.88 Å². The number of piperidine rings is 1. The van der Waals surface area contributed by atoms with Gasteiger partial charge in [0.1, 0.15) is 5.82 Å². The van der Waals surface area contributed by atoms with Crippen molar-refractivity contribution in [2.75, 3.05) is 13.1 Å². The smallest absolute Gasteiger partial charge is 0.167 e. The van der Waals surface area contributed by atoms with Crippen LogP contribution in [0, 0.1) is 11.7 Å². The Morgan fingerprint density at radius 2 is 2.09 bits per heavy atom. The van der Waals surface area contributed by atoms with Crippen LogP contribution < -0.4 is 0 Å². The van der Waals surface area contributed by atoms with Crippen molar-refractivity contribution >= 4 is 5.78 Å². The molecule has 1 aliphatic rings. The van der Waals surface area contributed by atoms with Crippen molar-refractivity contribution in [2.45, 2.75) is 19.4 Å². The van der Waals surface area contributed by atoms with Crippen molar-refractivity contribution in [3.05, 3.63) is 65.7 Å². The molecule has 1 aromatic heterocycles. The number of carbonyl (C=O) groups is 1. The van der Waals surface area contributed by atoms with Gasteiger partial charge in [-0.2, -0.15) is 0 Å². The van der Waals surface area contributed by atoms with E-state index in [2.05, 4.69) is 16.0 Å². The quantitative estimate of drug-likeness (QED) is 0.812. The second-order valence-corrected chi connectivity index (χ2v) is 5.81. The van der Waals surface area contributed by atoms with Crippen LogP contribution in [0.1, 0.15) is 28.8 Å². The fourth-order valence-electron chi connectivity index (χ4n) is 3.01. The number of nitrogens with zero attached hydrogens (tertiary/aromatic N) is 2. The molecular weight excluding hydrogens is 279 g/mol. The van der Waals surface area contributed by atoms with Crippen LogP contribution in [-0.4, -0.2) is 28.8 Å². The molecule has 3 rings (SSSR count). The molecule has 0 saturated carbocycles. The van der Waals surface area contributed by atoms with Gasteiger partial charge in [-0.25, -0.2) is 4.39 Å². The lowest BCUT2D eigenvalue weighted by atomic mass is 9.90. The molecule has 1 aromatic carbocycles. The summed E-state index contributed by atoms with van der Waals surface area (Å²) in [5, 5.41) is 0. The van der Waals surface area contributed by atoms with Crippen LogP contribution in [0.3, 0.4) is 0 Å². The predicted octanol–water partition coefficient (Wildman–Crippen LogP) is 3.32. The Hall–Kier alpha value is -2.07. The zero-order chi connectivity index (χ0) is 15.4. The van der Waals surface area contributed by atoms with Gasteiger partial charge >= 0.3 is 0 Å². The number of hydrogen-bond acceptors (Lipinski definition) is 3. The number of pyridine rings is 1. The molecule has 4 heteroatoms. The molecule has 1 fully saturated rings. The third kappa shape index (κ3) is 3.57. The van der Waals surface area contributed by atoms with E-state index in [1.807, 2.05) is 12.3 Å². The Balaban J connectivity index is 1.65. The highest BCUT2D eigenvalue weighted by atomic mass is 19.1. The topological polar surface area (TPSA) is 33.2 Å². The second-order valence-electron chi connectivity index (χ2n) is 5.81. The number of rotatable bonds is 4. The van der Waals surface area contributed by atoms with Crippen molar-refractivity contribution in [3.63, 3.8) is 0 Å². The average molecular weight is 298 g/mol. The van der Waals surface area contributed by atoms with E-state index in [4.69, 9.17) is 0 Å². The van der Waals surface area contributed by atoms with Gasteiger partial charge in [0.2, 0.25) is 0 Å². The molecule has 2 heterocycles. The van der Waals surface area contributed by atoms with Crippen molar-refractivity contribution < 1.29 is 9.18 Å². The Bertz CT molecular complexity index is 627. The van der Waals surface area contributed by atoms with Gasteiger partial charge in [0, 0.05) is 37.0 Å². The van der Waals surface area contributed by atoms with E-state index in [1.54, 1.807) is 18.3 Å². The number of hydrogen-bond donors (Lipinski definition) is 0. The molecule has 0 radical (unpaired) electrons. The zero-order valence-corrected chi connectivity index (χ0v) is 12.4. The van der Waals surface area contributed by atoms with Crippen LogP contribution in [0.15, 0.2) is 48.8 Å². The Labute approximate surface area is 129 Å². The molecule has 22 heavy (non-hydrogen) atoms. The van der Waals surface area contributed by atoms with E-state index in [1.165, 1.54) is 12.1 Å². The summed E-state index contributed by atoms with van der Waals surface area (Å²) in [7, 11) is 0. The van der Waals surface area contributed by atoms with Gasteiger partial charge in [0.05, 0.1) is 0 Å². The normalized spacial score (nSPS) is 19.0. The number of ketones is 1. The number of carbonyl (C=O) groups excluding carboxylic acids is 1. The molecular formula is C18H19FN2O. The SMILES string of the molecule is O=C(c1ccc(F)cc1)[C@H]1CCCN(Cc2cccnc2)C1. The lowest BCUT2D eigenvalue weighted by Gasteiger charge is -2.32. The van der Waals surface area contributed by atoms with Gasteiger partial charge in [-0.05, 0) is 55.3 Å². The van der Waals surface area contributed by atoms with Gasteiger partial charge in [-0.1, -0.05) is 6.07 Å². The van der Waals surface area contributed by atoms with Crippen LogP contribution in [0.2, 0.25) is 0 Å². The molecule has 1 atom stereocenters. The van der Waals surface area contributed by atoms with E-state index in [0.717, 1.165) is 38.0 Å². The Kier molecular flexibility index (Phi) is 4.59. The monoisotopic (exact) mass is 298 g/mol. The summed E-state index contributed by atoms with van der Waals surface area (Å²) in [5.74, 6) is -0.190. The van der Waals surface area contributed by atoms with E-state index in [9.17, 15) is 9.18 Å². The van der Waals surface area contributed by atoms with Crippen LogP contribution in [0.4, 0.5) is 4.39 Å². The molecule has 0 aliphatic carbocycles. The first-order valence-corrected chi connectivity index (χ1v) is 7.63. The molecule has 1 saturated heterocycles. The summed E-state index contributed by atoms with van der Waals surface area (Å²) in [4.78, 5) is 19.0. The maximum atomic E-state index is 13.0. The fourth-order valence-corrected chi connectivity index (χ4v) is 3.01. The summed E-state index contributed by atoms with van der Waals surface area (Å²) >= 11 is 0. The van der Waals surface area contributed by atoms with Crippen LogP contribution >= 0.6 is 0 Å². The summed E-state index contributed by atoms with van der Waals surface area (Å²) in [6.07, 6.45) is 5.55. The van der Waals surface area contributed by atoms with Crippen LogP contribution in [0.25, 0.3) is 0 Å².